The van der Waals surface area contributed by atoms with E-state index in [0.29, 0.717) is 12.1 Å². The number of ketones is 1. The highest BCUT2D eigenvalue weighted by atomic mass is 35.5. The van der Waals surface area contributed by atoms with Crippen LogP contribution in [0.5, 0.6) is 0 Å². The number of carbonyl (C=O) groups is 1. The van der Waals surface area contributed by atoms with Gasteiger partial charge < -0.3 is 5.11 Å². The molecule has 0 saturated heterocycles. The van der Waals surface area contributed by atoms with Crippen LogP contribution in [0.3, 0.4) is 0 Å². The van der Waals surface area contributed by atoms with Gasteiger partial charge in [-0.1, -0.05) is 19.6 Å². The van der Waals surface area contributed by atoms with E-state index in [1.807, 2.05) is 0 Å². The van der Waals surface area contributed by atoms with Gasteiger partial charge in [0.1, 0.15) is 66.4 Å². The molecule has 0 spiro atoms. The Morgan fingerprint density at radius 2 is 1.42 bits per heavy atom. The quantitative estimate of drug-likeness (QED) is 0.103. The molecule has 6 aromatic rings. The normalized spacial score (nSPS) is 12.4. The molecule has 0 aliphatic rings. The standard InChI is InChI=1S/C16H13ClF3N5O.C10H7F2N3O.C6H4ClFN2/c1-9(14-13(20)5-22-15(17)24-14)16(26,6-25-8-21-7-23-25)11-3-2-10(18)4-12(11)19;11-7-1-2-8(9(12)3-7)10(16)4-15-6-13-5-14-15;1-2-5-4(8)3-9-6(7)10-5/h2-5,7-9,26H,6H2,1H3;1-3,5-6H,4H2;2-3H,1H2/t9-,16+;;/m0../s1. The van der Waals surface area contributed by atoms with Crippen LogP contribution >= 0.6 is 23.2 Å². The lowest BCUT2D eigenvalue weighted by Crippen LogP contribution is -2.39. The van der Waals surface area contributed by atoms with Crippen molar-refractivity contribution < 1.29 is 36.2 Å². The number of benzene rings is 2. The Balaban J connectivity index is 0.000000197. The van der Waals surface area contributed by atoms with Crippen LogP contribution in [0.2, 0.25) is 10.6 Å². The molecule has 1 N–H and O–H groups in total. The third-order valence-electron chi connectivity index (χ3n) is 7.07. The Kier molecular flexibility index (Phi) is 13.2. The summed E-state index contributed by atoms with van der Waals surface area (Å²) in [5.74, 6) is -6.27. The van der Waals surface area contributed by atoms with Gasteiger partial charge in [0.25, 0.3) is 0 Å². The number of nitrogens with zero attached hydrogens (tertiary/aromatic N) is 10. The molecule has 0 fully saturated rings. The average molecular weight is 766 g/mol. The Morgan fingerprint density at radius 1 is 0.846 bits per heavy atom. The summed E-state index contributed by atoms with van der Waals surface area (Å²) in [5.41, 5.74) is -2.51. The van der Waals surface area contributed by atoms with Gasteiger partial charge in [0.05, 0.1) is 30.2 Å². The Morgan fingerprint density at radius 3 is 1.98 bits per heavy atom. The molecule has 6 rings (SSSR count). The highest BCUT2D eigenvalue weighted by Gasteiger charge is 2.42. The first kappa shape index (κ1) is 39.2. The number of aliphatic hydroxyl groups is 1. The Labute approximate surface area is 300 Å². The lowest BCUT2D eigenvalue weighted by atomic mass is 9.79. The molecule has 0 unspecified atom stereocenters. The fourth-order valence-corrected chi connectivity index (χ4v) is 4.79. The van der Waals surface area contributed by atoms with Crippen molar-refractivity contribution in [1.82, 2.24) is 49.5 Å². The van der Waals surface area contributed by atoms with Crippen molar-refractivity contribution in [2.75, 3.05) is 0 Å². The molecule has 52 heavy (non-hydrogen) atoms. The van der Waals surface area contributed by atoms with E-state index in [0.717, 1.165) is 36.7 Å². The van der Waals surface area contributed by atoms with Crippen LogP contribution in [0.4, 0.5) is 26.3 Å². The molecule has 12 nitrogen and oxygen atoms in total. The maximum absolute atomic E-state index is 14.4. The van der Waals surface area contributed by atoms with Gasteiger partial charge in [-0.25, -0.2) is 65.6 Å². The zero-order valence-electron chi connectivity index (χ0n) is 26.6. The first-order valence-electron chi connectivity index (χ1n) is 14.5. The van der Waals surface area contributed by atoms with E-state index in [4.69, 9.17) is 23.2 Å². The summed E-state index contributed by atoms with van der Waals surface area (Å²) in [6.45, 7) is 4.39. The third kappa shape index (κ3) is 10.0. The zero-order chi connectivity index (χ0) is 38.0. The van der Waals surface area contributed by atoms with Crippen molar-refractivity contribution in [2.24, 2.45) is 0 Å². The number of halogens is 8. The molecule has 270 valence electrons. The van der Waals surface area contributed by atoms with Crippen LogP contribution in [-0.4, -0.2) is 60.4 Å². The number of rotatable bonds is 9. The molecule has 0 radical (unpaired) electrons. The van der Waals surface area contributed by atoms with E-state index in [1.165, 1.54) is 47.7 Å². The molecule has 0 aliphatic heterocycles. The molecule has 4 heterocycles. The molecule has 4 aromatic heterocycles. The van der Waals surface area contributed by atoms with E-state index >= 15 is 0 Å². The minimum absolute atomic E-state index is 0.0244. The molecular formula is C32H24Cl2F6N10O2. The number of hydrogen-bond donors (Lipinski definition) is 1. The van der Waals surface area contributed by atoms with Crippen LogP contribution in [-0.2, 0) is 18.7 Å². The van der Waals surface area contributed by atoms with Crippen LogP contribution < -0.4 is 0 Å². The second-order valence-electron chi connectivity index (χ2n) is 10.5. The maximum atomic E-state index is 14.4. The highest BCUT2D eigenvalue weighted by Crippen LogP contribution is 2.40. The molecule has 0 saturated carbocycles. The SMILES string of the molecule is C=Cc1nc(Cl)ncc1F.C[C@@H](c1nc(Cl)ncc1F)[C@](O)(Cn1cncn1)c1ccc(F)cc1F.O=C(Cn1cncn1)c1ccc(F)cc1F. The van der Waals surface area contributed by atoms with Gasteiger partial charge in [0, 0.05) is 23.6 Å². The number of carbonyl (C=O) groups excluding carboxylic acids is 1. The summed E-state index contributed by atoms with van der Waals surface area (Å²) in [6, 6.07) is 5.56. The monoisotopic (exact) mass is 764 g/mol. The molecule has 2 aromatic carbocycles. The Hall–Kier alpha value is -5.59. The molecule has 0 amide bonds. The first-order chi connectivity index (χ1) is 24.7. The average Bonchev–Trinajstić information content (AvgIpc) is 3.82. The van der Waals surface area contributed by atoms with Crippen molar-refractivity contribution >= 4 is 35.1 Å². The van der Waals surface area contributed by atoms with E-state index in [-0.39, 0.29) is 46.2 Å². The van der Waals surface area contributed by atoms with Crippen molar-refractivity contribution in [1.29, 1.82) is 0 Å². The summed E-state index contributed by atoms with van der Waals surface area (Å²) in [7, 11) is 0. The summed E-state index contributed by atoms with van der Waals surface area (Å²) < 4.78 is 82.8. The predicted octanol–water partition coefficient (Wildman–Crippen LogP) is 6.18. The predicted molar refractivity (Wildman–Crippen MR) is 173 cm³/mol. The van der Waals surface area contributed by atoms with Crippen molar-refractivity contribution in [3.8, 4) is 0 Å². The van der Waals surface area contributed by atoms with Gasteiger partial charge in [-0.2, -0.15) is 10.2 Å². The molecule has 0 bridgehead atoms. The first-order valence-corrected chi connectivity index (χ1v) is 15.3. The topological polar surface area (TPSA) is 150 Å². The summed E-state index contributed by atoms with van der Waals surface area (Å²) in [5, 5.41) is 18.7. The van der Waals surface area contributed by atoms with E-state index in [2.05, 4.69) is 46.7 Å². The van der Waals surface area contributed by atoms with Crippen molar-refractivity contribution in [3.05, 3.63) is 149 Å². The minimum Gasteiger partial charge on any atom is -0.382 e. The fourth-order valence-electron chi connectivity index (χ4n) is 4.51. The fraction of sp³-hybridized carbons (Fsp3) is 0.156. The number of Topliss-reactive ketones (excluding diaryl/α,β-unsaturated/α-hetero) is 1. The van der Waals surface area contributed by atoms with Gasteiger partial charge in [0.2, 0.25) is 10.6 Å². The summed E-state index contributed by atoms with van der Waals surface area (Å²) >= 11 is 11.1. The van der Waals surface area contributed by atoms with E-state index in [9.17, 15) is 36.2 Å². The smallest absolute Gasteiger partial charge is 0.223 e. The largest absolute Gasteiger partial charge is 0.382 e. The van der Waals surface area contributed by atoms with E-state index in [1.54, 1.807) is 0 Å². The number of hydrogen-bond acceptors (Lipinski definition) is 10. The lowest BCUT2D eigenvalue weighted by molar-refractivity contribution is -0.0133. The van der Waals surface area contributed by atoms with Crippen molar-refractivity contribution in [3.63, 3.8) is 0 Å². The molecular weight excluding hydrogens is 741 g/mol. The van der Waals surface area contributed by atoms with Crippen LogP contribution in [0, 0.1) is 34.9 Å². The van der Waals surface area contributed by atoms with Crippen LogP contribution in [0.1, 0.15) is 40.2 Å². The van der Waals surface area contributed by atoms with Gasteiger partial charge in [-0.3, -0.25) is 4.79 Å². The minimum atomic E-state index is -2.02. The molecule has 20 heteroatoms. The second kappa shape index (κ2) is 17.6. The van der Waals surface area contributed by atoms with Gasteiger partial charge in [0.15, 0.2) is 17.4 Å². The van der Waals surface area contributed by atoms with Gasteiger partial charge >= 0.3 is 0 Å². The third-order valence-corrected chi connectivity index (χ3v) is 7.44. The lowest BCUT2D eigenvalue weighted by Gasteiger charge is -2.34. The zero-order valence-corrected chi connectivity index (χ0v) is 28.1. The van der Waals surface area contributed by atoms with Gasteiger partial charge in [-0.05, 0) is 47.5 Å². The Bertz CT molecular complexity index is 2150. The summed E-state index contributed by atoms with van der Waals surface area (Å²) in [6.07, 6.45) is 8.30. The molecule has 0 aliphatic carbocycles. The molecule has 2 atom stereocenters. The van der Waals surface area contributed by atoms with Gasteiger partial charge in [-0.15, -0.1) is 0 Å². The number of aromatic nitrogens is 10. The summed E-state index contributed by atoms with van der Waals surface area (Å²) in [4.78, 5) is 33.3. The maximum Gasteiger partial charge on any atom is 0.223 e. The van der Waals surface area contributed by atoms with E-state index < -0.39 is 52.2 Å². The van der Waals surface area contributed by atoms with Crippen LogP contribution in [0.25, 0.3) is 6.08 Å². The van der Waals surface area contributed by atoms with Crippen LogP contribution in [0.15, 0.2) is 80.7 Å². The highest BCUT2D eigenvalue weighted by molar-refractivity contribution is 6.28. The second-order valence-corrected chi connectivity index (χ2v) is 11.1. The van der Waals surface area contributed by atoms with Crippen molar-refractivity contribution in [2.45, 2.75) is 31.5 Å².